The molecule has 6 heteroatoms. The van der Waals surface area contributed by atoms with Crippen molar-refractivity contribution < 1.29 is 22.3 Å². The van der Waals surface area contributed by atoms with E-state index >= 15 is 0 Å². The van der Waals surface area contributed by atoms with Crippen LogP contribution in [0.15, 0.2) is 47.4 Å². The average Bonchev–Trinajstić information content (AvgIpc) is 2.47. The number of ether oxygens (including phenoxy) is 2. The van der Waals surface area contributed by atoms with Gasteiger partial charge in [-0.05, 0) is 24.3 Å². The van der Waals surface area contributed by atoms with E-state index in [0.717, 1.165) is 0 Å². The van der Waals surface area contributed by atoms with Crippen molar-refractivity contribution in [3.05, 3.63) is 59.4 Å². The van der Waals surface area contributed by atoms with E-state index < -0.39 is 15.7 Å². The fourth-order valence-electron chi connectivity index (χ4n) is 2.28. The maximum Gasteiger partial charge on any atom is 0.189 e. The molecule has 0 unspecified atom stereocenters. The van der Waals surface area contributed by atoms with E-state index in [4.69, 9.17) is 9.47 Å². The zero-order chi connectivity index (χ0) is 14.9. The van der Waals surface area contributed by atoms with Crippen LogP contribution in [-0.2, 0) is 26.9 Å². The normalized spacial score (nSPS) is 14.3. The van der Waals surface area contributed by atoms with Gasteiger partial charge in [0.15, 0.2) is 16.6 Å². The summed E-state index contributed by atoms with van der Waals surface area (Å²) in [7, 11) is -3.55. The topological polar surface area (TPSA) is 52.6 Å². The van der Waals surface area contributed by atoms with E-state index in [1.54, 1.807) is 18.2 Å². The second-order valence-electron chi connectivity index (χ2n) is 4.74. The molecule has 0 spiro atoms. The Labute approximate surface area is 122 Å². The van der Waals surface area contributed by atoms with Crippen LogP contribution >= 0.6 is 0 Å². The lowest BCUT2D eigenvalue weighted by molar-refractivity contribution is -0.0171. The highest BCUT2D eigenvalue weighted by molar-refractivity contribution is 7.90. The summed E-state index contributed by atoms with van der Waals surface area (Å²) in [5.41, 5.74) is 0.844. The summed E-state index contributed by atoms with van der Waals surface area (Å²) < 4.78 is 48.8. The van der Waals surface area contributed by atoms with Gasteiger partial charge < -0.3 is 9.47 Å². The number of fused-ring (bicyclic) bond motifs is 1. The summed E-state index contributed by atoms with van der Waals surface area (Å²) in [6.07, 6.45) is 0. The van der Waals surface area contributed by atoms with Gasteiger partial charge in [0.25, 0.3) is 0 Å². The van der Waals surface area contributed by atoms with Crippen molar-refractivity contribution in [3.63, 3.8) is 0 Å². The Bertz CT molecular complexity index is 757. The first-order chi connectivity index (χ1) is 10.1. The molecule has 0 amide bonds. The predicted octanol–water partition coefficient (Wildman–Crippen LogP) is 2.67. The third-order valence-electron chi connectivity index (χ3n) is 3.20. The molecule has 4 nitrogen and oxygen atoms in total. The van der Waals surface area contributed by atoms with E-state index in [-0.39, 0.29) is 24.0 Å². The smallest absolute Gasteiger partial charge is 0.189 e. The second-order valence-corrected chi connectivity index (χ2v) is 6.73. The van der Waals surface area contributed by atoms with Gasteiger partial charge >= 0.3 is 0 Å². The molecule has 3 rings (SSSR count). The molecule has 0 saturated carbocycles. The summed E-state index contributed by atoms with van der Waals surface area (Å²) >= 11 is 0. The first kappa shape index (κ1) is 14.0. The summed E-state index contributed by atoms with van der Waals surface area (Å²) in [5.74, 6) is -0.403. The minimum atomic E-state index is -3.55. The Hall–Kier alpha value is -1.92. The molecule has 1 heterocycles. The Kier molecular flexibility index (Phi) is 3.65. The molecule has 0 radical (unpaired) electrons. The first-order valence-corrected chi connectivity index (χ1v) is 8.01. The van der Waals surface area contributed by atoms with Crippen LogP contribution in [0.1, 0.15) is 11.1 Å². The van der Waals surface area contributed by atoms with Crippen LogP contribution < -0.4 is 4.74 Å². The van der Waals surface area contributed by atoms with Crippen molar-refractivity contribution in [3.8, 4) is 5.75 Å². The summed E-state index contributed by atoms with van der Waals surface area (Å²) in [6.45, 7) is 0.252. The molecule has 0 atom stereocenters. The lowest BCUT2D eigenvalue weighted by Crippen LogP contribution is -2.15. The number of rotatable bonds is 3. The summed E-state index contributed by atoms with van der Waals surface area (Å²) in [4.78, 5) is 0.204. The maximum atomic E-state index is 13.6. The highest BCUT2D eigenvalue weighted by Gasteiger charge is 2.22. The van der Waals surface area contributed by atoms with Crippen molar-refractivity contribution in [2.24, 2.45) is 0 Å². The van der Waals surface area contributed by atoms with Crippen molar-refractivity contribution in [2.75, 3.05) is 6.79 Å². The van der Waals surface area contributed by atoms with Gasteiger partial charge in [0.2, 0.25) is 0 Å². The maximum absolute atomic E-state index is 13.6. The lowest BCUT2D eigenvalue weighted by Gasteiger charge is -2.20. The van der Waals surface area contributed by atoms with Gasteiger partial charge in [-0.3, -0.25) is 0 Å². The molecule has 0 aliphatic carbocycles. The van der Waals surface area contributed by atoms with Gasteiger partial charge in [-0.15, -0.1) is 0 Å². The Balaban J connectivity index is 2.00. The largest absolute Gasteiger partial charge is 0.467 e. The monoisotopic (exact) mass is 308 g/mol. The number of halogens is 1. The highest BCUT2D eigenvalue weighted by Crippen LogP contribution is 2.31. The van der Waals surface area contributed by atoms with Gasteiger partial charge in [-0.1, -0.05) is 18.2 Å². The molecule has 1 aliphatic heterocycles. The Morgan fingerprint density at radius 2 is 1.90 bits per heavy atom. The number of hydrogen-bond donors (Lipinski definition) is 0. The molecule has 1 aliphatic rings. The SMILES string of the molecule is O=S(=O)(Cc1cc(F)cc2c1OCOC2)c1ccccc1. The van der Waals surface area contributed by atoms with Crippen molar-refractivity contribution >= 4 is 9.84 Å². The molecule has 0 bridgehead atoms. The van der Waals surface area contributed by atoms with Crippen molar-refractivity contribution in [1.82, 2.24) is 0 Å². The molecule has 0 fully saturated rings. The van der Waals surface area contributed by atoms with Gasteiger partial charge in [0.05, 0.1) is 17.3 Å². The number of hydrogen-bond acceptors (Lipinski definition) is 4. The van der Waals surface area contributed by atoms with Crippen LogP contribution in [0.3, 0.4) is 0 Å². The lowest BCUT2D eigenvalue weighted by atomic mass is 10.1. The minimum absolute atomic E-state index is 0.0387. The van der Waals surface area contributed by atoms with Gasteiger partial charge in [0.1, 0.15) is 11.6 Å². The van der Waals surface area contributed by atoms with E-state index in [1.807, 2.05) is 0 Å². The number of sulfone groups is 1. The minimum Gasteiger partial charge on any atom is -0.467 e. The molecule has 21 heavy (non-hydrogen) atoms. The van der Waals surface area contributed by atoms with Crippen LogP contribution in [0, 0.1) is 5.82 Å². The fourth-order valence-corrected chi connectivity index (χ4v) is 3.64. The number of benzene rings is 2. The molecule has 0 saturated heterocycles. The van der Waals surface area contributed by atoms with Gasteiger partial charge in [0, 0.05) is 11.1 Å². The standard InChI is InChI=1S/C15H13FO4S/c16-13-6-11-8-19-10-20-15(11)12(7-13)9-21(17,18)14-4-2-1-3-5-14/h1-7H,8-10H2. The van der Waals surface area contributed by atoms with Crippen LogP contribution in [-0.4, -0.2) is 15.2 Å². The molecule has 110 valence electrons. The second kappa shape index (κ2) is 5.46. The zero-order valence-electron chi connectivity index (χ0n) is 11.1. The molecular formula is C15H13FO4S. The molecule has 0 aromatic heterocycles. The third-order valence-corrected chi connectivity index (χ3v) is 4.88. The summed E-state index contributed by atoms with van der Waals surface area (Å²) in [6, 6.07) is 10.6. The van der Waals surface area contributed by atoms with Crippen molar-refractivity contribution in [2.45, 2.75) is 17.3 Å². The van der Waals surface area contributed by atoms with E-state index in [1.165, 1.54) is 24.3 Å². The molecule has 0 N–H and O–H groups in total. The average molecular weight is 308 g/mol. The van der Waals surface area contributed by atoms with Gasteiger partial charge in [-0.2, -0.15) is 0 Å². The summed E-state index contributed by atoms with van der Waals surface area (Å²) in [5, 5.41) is 0. The van der Waals surface area contributed by atoms with E-state index in [2.05, 4.69) is 0 Å². The zero-order valence-corrected chi connectivity index (χ0v) is 11.9. The molecule has 2 aromatic carbocycles. The third kappa shape index (κ3) is 2.91. The Morgan fingerprint density at radius 1 is 1.14 bits per heavy atom. The predicted molar refractivity (Wildman–Crippen MR) is 74.0 cm³/mol. The fraction of sp³-hybridized carbons (Fsp3) is 0.200. The first-order valence-electron chi connectivity index (χ1n) is 6.36. The van der Waals surface area contributed by atoms with Crippen molar-refractivity contribution in [1.29, 1.82) is 0 Å². The van der Waals surface area contributed by atoms with E-state index in [0.29, 0.717) is 16.9 Å². The molecular weight excluding hydrogens is 295 g/mol. The molecule has 2 aromatic rings. The van der Waals surface area contributed by atoms with Crippen LogP contribution in [0.25, 0.3) is 0 Å². The van der Waals surface area contributed by atoms with E-state index in [9.17, 15) is 12.8 Å². The quantitative estimate of drug-likeness (QED) is 0.875. The van der Waals surface area contributed by atoms with Crippen LogP contribution in [0.2, 0.25) is 0 Å². The van der Waals surface area contributed by atoms with Crippen LogP contribution in [0.5, 0.6) is 5.75 Å². The van der Waals surface area contributed by atoms with Gasteiger partial charge in [-0.25, -0.2) is 12.8 Å². The highest BCUT2D eigenvalue weighted by atomic mass is 32.2. The van der Waals surface area contributed by atoms with Crippen LogP contribution in [0.4, 0.5) is 4.39 Å². The Morgan fingerprint density at radius 3 is 2.67 bits per heavy atom.